The van der Waals surface area contributed by atoms with Gasteiger partial charge in [0.15, 0.2) is 0 Å². The molecule has 0 fully saturated rings. The van der Waals surface area contributed by atoms with E-state index in [-0.39, 0.29) is 5.89 Å². The van der Waals surface area contributed by atoms with Crippen LogP contribution in [0, 0.1) is 0 Å². The van der Waals surface area contributed by atoms with E-state index in [9.17, 15) is 8.78 Å². The Balaban J connectivity index is 1.66. The van der Waals surface area contributed by atoms with Crippen molar-refractivity contribution in [1.82, 2.24) is 19.7 Å². The first-order valence-corrected chi connectivity index (χ1v) is 7.98. The maximum Gasteiger partial charge on any atom is 0.314 e. The van der Waals surface area contributed by atoms with Gasteiger partial charge in [0.25, 0.3) is 5.89 Å². The van der Waals surface area contributed by atoms with E-state index in [4.69, 9.17) is 4.42 Å². The standard InChI is InChI=1S/C19H14F2N4O/c20-16(21)19-24-23-18(26-19)15-8-4-7-14(11-15)17-22-9-10-25(17)12-13-5-2-1-3-6-13/h1-11,16H,12H2. The van der Waals surface area contributed by atoms with Gasteiger partial charge in [-0.1, -0.05) is 42.5 Å². The van der Waals surface area contributed by atoms with Crippen molar-refractivity contribution in [3.05, 3.63) is 78.4 Å². The third-order valence-electron chi connectivity index (χ3n) is 3.91. The molecule has 0 radical (unpaired) electrons. The molecule has 5 nitrogen and oxygen atoms in total. The molecule has 0 saturated carbocycles. The Morgan fingerprint density at radius 1 is 0.962 bits per heavy atom. The maximum atomic E-state index is 12.6. The van der Waals surface area contributed by atoms with Gasteiger partial charge in [0, 0.05) is 30.1 Å². The summed E-state index contributed by atoms with van der Waals surface area (Å²) in [5.74, 6) is 0.142. The lowest BCUT2D eigenvalue weighted by molar-refractivity contribution is 0.116. The van der Waals surface area contributed by atoms with Gasteiger partial charge in [-0.2, -0.15) is 8.78 Å². The van der Waals surface area contributed by atoms with E-state index < -0.39 is 12.3 Å². The monoisotopic (exact) mass is 352 g/mol. The average Bonchev–Trinajstić information content (AvgIpc) is 3.32. The SMILES string of the molecule is FC(F)c1nnc(-c2cccc(-c3nccn3Cc3ccccc3)c2)o1. The maximum absolute atomic E-state index is 12.6. The molecule has 0 amide bonds. The summed E-state index contributed by atoms with van der Waals surface area (Å²) in [4.78, 5) is 4.43. The number of rotatable bonds is 5. The third-order valence-corrected chi connectivity index (χ3v) is 3.91. The molecular weight excluding hydrogens is 338 g/mol. The van der Waals surface area contributed by atoms with E-state index in [0.29, 0.717) is 12.1 Å². The topological polar surface area (TPSA) is 56.7 Å². The van der Waals surface area contributed by atoms with Gasteiger partial charge in [-0.3, -0.25) is 0 Å². The Hall–Kier alpha value is -3.35. The first kappa shape index (κ1) is 16.1. The zero-order valence-corrected chi connectivity index (χ0v) is 13.6. The largest absolute Gasteiger partial charge is 0.415 e. The molecule has 7 heteroatoms. The normalized spacial score (nSPS) is 11.2. The lowest BCUT2D eigenvalue weighted by Crippen LogP contribution is -2.01. The molecule has 26 heavy (non-hydrogen) atoms. The molecule has 0 saturated heterocycles. The summed E-state index contributed by atoms with van der Waals surface area (Å²) in [5.41, 5.74) is 2.55. The van der Waals surface area contributed by atoms with Gasteiger partial charge < -0.3 is 8.98 Å². The summed E-state index contributed by atoms with van der Waals surface area (Å²) >= 11 is 0. The van der Waals surface area contributed by atoms with E-state index >= 15 is 0 Å². The van der Waals surface area contributed by atoms with Crippen LogP contribution in [0.4, 0.5) is 8.78 Å². The van der Waals surface area contributed by atoms with E-state index in [1.165, 1.54) is 0 Å². The Kier molecular flexibility index (Phi) is 4.27. The minimum atomic E-state index is -2.79. The summed E-state index contributed by atoms with van der Waals surface area (Å²) < 4.78 is 32.3. The predicted octanol–water partition coefficient (Wildman–Crippen LogP) is 4.59. The quantitative estimate of drug-likeness (QED) is 0.527. The van der Waals surface area contributed by atoms with Crippen LogP contribution in [0.15, 0.2) is 71.4 Å². The second-order valence-electron chi connectivity index (χ2n) is 5.69. The molecule has 2 aromatic carbocycles. The lowest BCUT2D eigenvalue weighted by atomic mass is 10.1. The number of hydrogen-bond acceptors (Lipinski definition) is 4. The van der Waals surface area contributed by atoms with Crippen molar-refractivity contribution in [3.63, 3.8) is 0 Å². The Bertz CT molecular complexity index is 1010. The van der Waals surface area contributed by atoms with Crippen LogP contribution in [0.5, 0.6) is 0 Å². The fourth-order valence-electron chi connectivity index (χ4n) is 2.71. The zero-order valence-electron chi connectivity index (χ0n) is 13.6. The summed E-state index contributed by atoms with van der Waals surface area (Å²) in [6, 6.07) is 17.3. The minimum Gasteiger partial charge on any atom is -0.415 e. The van der Waals surface area contributed by atoms with Crippen LogP contribution in [0.25, 0.3) is 22.8 Å². The Labute approximate surface area is 148 Å². The highest BCUT2D eigenvalue weighted by Crippen LogP contribution is 2.27. The molecular formula is C19H14F2N4O. The Morgan fingerprint density at radius 3 is 2.54 bits per heavy atom. The van der Waals surface area contributed by atoms with Crippen LogP contribution in [0.1, 0.15) is 17.9 Å². The molecule has 0 aliphatic heterocycles. The highest BCUT2D eigenvalue weighted by atomic mass is 19.3. The van der Waals surface area contributed by atoms with Gasteiger partial charge in [-0.25, -0.2) is 4.98 Å². The summed E-state index contributed by atoms with van der Waals surface area (Å²) in [7, 11) is 0. The molecule has 4 rings (SSSR count). The number of nitrogens with zero attached hydrogens (tertiary/aromatic N) is 4. The molecule has 4 aromatic rings. The molecule has 0 aliphatic rings. The van der Waals surface area contributed by atoms with E-state index in [1.807, 2.05) is 47.2 Å². The number of hydrogen-bond donors (Lipinski definition) is 0. The molecule has 130 valence electrons. The fraction of sp³-hybridized carbons (Fsp3) is 0.105. The van der Waals surface area contributed by atoms with Crippen molar-refractivity contribution < 1.29 is 13.2 Å². The predicted molar refractivity (Wildman–Crippen MR) is 91.5 cm³/mol. The van der Waals surface area contributed by atoms with Gasteiger partial charge in [0.1, 0.15) is 5.82 Å². The van der Waals surface area contributed by atoms with E-state index in [1.54, 1.807) is 24.4 Å². The van der Waals surface area contributed by atoms with Crippen LogP contribution in [-0.4, -0.2) is 19.7 Å². The fourth-order valence-corrected chi connectivity index (χ4v) is 2.71. The van der Waals surface area contributed by atoms with Gasteiger partial charge in [-0.05, 0) is 17.7 Å². The van der Waals surface area contributed by atoms with Crippen LogP contribution in [0.2, 0.25) is 0 Å². The van der Waals surface area contributed by atoms with Crippen molar-refractivity contribution in [2.75, 3.05) is 0 Å². The number of benzene rings is 2. The van der Waals surface area contributed by atoms with Crippen molar-refractivity contribution in [1.29, 1.82) is 0 Å². The van der Waals surface area contributed by atoms with Crippen LogP contribution in [-0.2, 0) is 6.54 Å². The molecule has 0 aliphatic carbocycles. The highest BCUT2D eigenvalue weighted by molar-refractivity contribution is 5.65. The average molecular weight is 352 g/mol. The highest BCUT2D eigenvalue weighted by Gasteiger charge is 2.17. The van der Waals surface area contributed by atoms with Crippen LogP contribution in [0.3, 0.4) is 0 Å². The second-order valence-corrected chi connectivity index (χ2v) is 5.69. The number of aromatic nitrogens is 4. The second kappa shape index (κ2) is 6.87. The molecule has 0 atom stereocenters. The number of alkyl halides is 2. The van der Waals surface area contributed by atoms with Gasteiger partial charge in [0.2, 0.25) is 5.89 Å². The smallest absolute Gasteiger partial charge is 0.314 e. The first-order chi connectivity index (χ1) is 12.7. The summed E-state index contributed by atoms with van der Waals surface area (Å²) in [5, 5.41) is 7.07. The van der Waals surface area contributed by atoms with E-state index in [2.05, 4.69) is 15.2 Å². The van der Waals surface area contributed by atoms with Crippen molar-refractivity contribution >= 4 is 0 Å². The van der Waals surface area contributed by atoms with E-state index in [0.717, 1.165) is 17.0 Å². The number of halogens is 2. The molecule has 2 heterocycles. The molecule has 2 aromatic heterocycles. The third kappa shape index (κ3) is 3.23. The van der Waals surface area contributed by atoms with Crippen molar-refractivity contribution in [2.45, 2.75) is 13.0 Å². The molecule has 0 unspecified atom stereocenters. The van der Waals surface area contributed by atoms with Crippen molar-refractivity contribution in [3.8, 4) is 22.8 Å². The molecule has 0 spiro atoms. The summed E-state index contributed by atoms with van der Waals surface area (Å²) in [6.45, 7) is 0.677. The van der Waals surface area contributed by atoms with Gasteiger partial charge in [0.05, 0.1) is 0 Å². The molecule has 0 bridgehead atoms. The molecule has 0 N–H and O–H groups in total. The Morgan fingerprint density at radius 2 is 1.77 bits per heavy atom. The minimum absolute atomic E-state index is 0.0586. The zero-order chi connectivity index (χ0) is 17.9. The summed E-state index contributed by atoms with van der Waals surface area (Å²) in [6.07, 6.45) is 0.840. The van der Waals surface area contributed by atoms with Gasteiger partial charge in [-0.15, -0.1) is 10.2 Å². The number of imidazole rings is 1. The first-order valence-electron chi connectivity index (χ1n) is 7.98. The van der Waals surface area contributed by atoms with Crippen LogP contribution < -0.4 is 0 Å². The van der Waals surface area contributed by atoms with Gasteiger partial charge >= 0.3 is 6.43 Å². The van der Waals surface area contributed by atoms with Crippen molar-refractivity contribution in [2.24, 2.45) is 0 Å². The van der Waals surface area contributed by atoms with Crippen LogP contribution >= 0.6 is 0 Å². The lowest BCUT2D eigenvalue weighted by Gasteiger charge is -2.08.